The Morgan fingerprint density at radius 2 is 0.930 bits per heavy atom. The van der Waals surface area contributed by atoms with Crippen molar-refractivity contribution in [1.82, 2.24) is 0 Å². The van der Waals surface area contributed by atoms with E-state index in [4.69, 9.17) is 28.4 Å². The second kappa shape index (κ2) is 19.7. The van der Waals surface area contributed by atoms with Crippen LogP contribution in [-0.4, -0.2) is 44.1 Å². The van der Waals surface area contributed by atoms with Crippen molar-refractivity contribution in [2.75, 3.05) is 13.7 Å². The number of rotatable bonds is 18. The molecule has 1 aliphatic rings. The molecule has 1 fully saturated rings. The second-order valence-electron chi connectivity index (χ2n) is 14.2. The lowest BCUT2D eigenvalue weighted by atomic mass is 9.77. The van der Waals surface area contributed by atoms with E-state index in [9.17, 15) is 0 Å². The van der Waals surface area contributed by atoms with Gasteiger partial charge in [0.1, 0.15) is 23.7 Å². The topological polar surface area (TPSA) is 55.4 Å². The van der Waals surface area contributed by atoms with E-state index >= 15 is 8.78 Å². The molecule has 0 N–H and O–H groups in total. The highest BCUT2D eigenvalue weighted by Gasteiger charge is 2.64. The molecule has 0 radical (unpaired) electrons. The summed E-state index contributed by atoms with van der Waals surface area (Å²) in [6.45, 7) is 0.125. The maximum absolute atomic E-state index is 17.8. The molecule has 0 bridgehead atoms. The van der Waals surface area contributed by atoms with E-state index in [1.165, 1.54) is 0 Å². The number of hydrogen-bond acceptors (Lipinski definition) is 6. The number of alkyl halides is 2. The van der Waals surface area contributed by atoms with Crippen molar-refractivity contribution in [2.45, 2.75) is 63.2 Å². The summed E-state index contributed by atoms with van der Waals surface area (Å²) in [5.41, 5.74) is 5.17. The normalized spacial score (nSPS) is 20.2. The number of ether oxygens (including phenoxy) is 6. The SMILES string of the molecule is COc1ccc(Cc2ccccc2OC2C(OCc3ccccc3)C(OCc3ccccc3)C(OCc3ccccc3)C(COCc3ccccc3)C2(F)F)cc1. The van der Waals surface area contributed by atoms with Crippen LogP contribution in [0.2, 0.25) is 0 Å². The molecule has 6 nitrogen and oxygen atoms in total. The Kier molecular flexibility index (Phi) is 13.7. The molecule has 0 saturated heterocycles. The third kappa shape index (κ3) is 10.5. The molecular weight excluding hydrogens is 723 g/mol. The van der Waals surface area contributed by atoms with Gasteiger partial charge in [0.05, 0.1) is 52.2 Å². The molecule has 294 valence electrons. The van der Waals surface area contributed by atoms with Crippen LogP contribution in [0.4, 0.5) is 8.78 Å². The van der Waals surface area contributed by atoms with E-state index in [1.807, 2.05) is 158 Å². The molecule has 7 rings (SSSR count). The van der Waals surface area contributed by atoms with Crippen LogP contribution >= 0.6 is 0 Å². The zero-order valence-electron chi connectivity index (χ0n) is 32.0. The summed E-state index contributed by atoms with van der Waals surface area (Å²) in [6, 6.07) is 53.2. The van der Waals surface area contributed by atoms with Crippen LogP contribution in [0.15, 0.2) is 170 Å². The molecule has 6 aromatic rings. The molecule has 6 aromatic carbocycles. The highest BCUT2D eigenvalue weighted by molar-refractivity contribution is 5.39. The van der Waals surface area contributed by atoms with Crippen molar-refractivity contribution in [2.24, 2.45) is 5.92 Å². The lowest BCUT2D eigenvalue weighted by molar-refractivity contribution is -0.298. The number of methoxy groups -OCH3 is 1. The van der Waals surface area contributed by atoms with Gasteiger partial charge in [-0.1, -0.05) is 152 Å². The van der Waals surface area contributed by atoms with Crippen LogP contribution in [0.25, 0.3) is 0 Å². The monoisotopic (exact) mass is 770 g/mol. The average Bonchev–Trinajstić information content (AvgIpc) is 3.26. The van der Waals surface area contributed by atoms with Crippen molar-refractivity contribution in [3.05, 3.63) is 203 Å². The predicted octanol–water partition coefficient (Wildman–Crippen LogP) is 10.3. The van der Waals surface area contributed by atoms with Gasteiger partial charge >= 0.3 is 0 Å². The molecule has 0 amide bonds. The smallest absolute Gasteiger partial charge is 0.294 e. The Balaban J connectivity index is 1.28. The van der Waals surface area contributed by atoms with Gasteiger partial charge in [0.2, 0.25) is 0 Å². The first kappa shape index (κ1) is 39.8. The van der Waals surface area contributed by atoms with Crippen LogP contribution in [0.3, 0.4) is 0 Å². The largest absolute Gasteiger partial charge is 0.497 e. The number of benzene rings is 6. The Morgan fingerprint density at radius 3 is 1.46 bits per heavy atom. The summed E-state index contributed by atoms with van der Waals surface area (Å²) in [6.07, 6.45) is -4.71. The van der Waals surface area contributed by atoms with Gasteiger partial charge in [0, 0.05) is 6.42 Å². The van der Waals surface area contributed by atoms with E-state index in [2.05, 4.69) is 0 Å². The summed E-state index contributed by atoms with van der Waals surface area (Å²) in [4.78, 5) is 0. The summed E-state index contributed by atoms with van der Waals surface area (Å²) < 4.78 is 73.8. The lowest BCUT2D eigenvalue weighted by Gasteiger charge is -2.50. The minimum absolute atomic E-state index is 0.0563. The molecular formula is C49H48F2O6. The Bertz CT molecular complexity index is 2070. The van der Waals surface area contributed by atoms with Gasteiger partial charge in [-0.3, -0.25) is 0 Å². The first-order chi connectivity index (χ1) is 28.0. The summed E-state index contributed by atoms with van der Waals surface area (Å²) in [7, 11) is 1.62. The number of hydrogen-bond donors (Lipinski definition) is 0. The minimum Gasteiger partial charge on any atom is -0.497 e. The van der Waals surface area contributed by atoms with Gasteiger partial charge in [0.15, 0.2) is 6.10 Å². The van der Waals surface area contributed by atoms with Gasteiger partial charge in [-0.05, 0) is 51.6 Å². The fourth-order valence-electron chi connectivity index (χ4n) is 7.21. The van der Waals surface area contributed by atoms with E-state index in [1.54, 1.807) is 19.2 Å². The zero-order valence-corrected chi connectivity index (χ0v) is 32.0. The second-order valence-corrected chi connectivity index (χ2v) is 14.2. The number of halogens is 2. The fourth-order valence-corrected chi connectivity index (χ4v) is 7.21. The van der Waals surface area contributed by atoms with Crippen molar-refractivity contribution in [1.29, 1.82) is 0 Å². The molecule has 0 aromatic heterocycles. The quantitative estimate of drug-likeness (QED) is 0.0868. The van der Waals surface area contributed by atoms with Crippen LogP contribution < -0.4 is 9.47 Å². The van der Waals surface area contributed by atoms with Gasteiger partial charge in [-0.15, -0.1) is 0 Å². The fraction of sp³-hybridized carbons (Fsp3) is 0.265. The first-order valence-electron chi connectivity index (χ1n) is 19.3. The molecule has 57 heavy (non-hydrogen) atoms. The third-order valence-electron chi connectivity index (χ3n) is 10.3. The van der Waals surface area contributed by atoms with Crippen LogP contribution in [0, 0.1) is 5.92 Å². The summed E-state index contributed by atoms with van der Waals surface area (Å²) in [5, 5.41) is 0. The van der Waals surface area contributed by atoms with Crippen LogP contribution in [0.1, 0.15) is 33.4 Å². The van der Waals surface area contributed by atoms with Crippen molar-refractivity contribution in [3.8, 4) is 11.5 Å². The van der Waals surface area contributed by atoms with Crippen molar-refractivity contribution >= 4 is 0 Å². The highest BCUT2D eigenvalue weighted by atomic mass is 19.3. The van der Waals surface area contributed by atoms with Gasteiger partial charge in [-0.25, -0.2) is 8.78 Å². The molecule has 0 spiro atoms. The van der Waals surface area contributed by atoms with Crippen LogP contribution in [-0.2, 0) is 51.8 Å². The molecule has 1 aliphatic carbocycles. The summed E-state index contributed by atoms with van der Waals surface area (Å²) >= 11 is 0. The zero-order chi connectivity index (χ0) is 39.3. The number of para-hydroxylation sites is 1. The molecule has 5 atom stereocenters. The van der Waals surface area contributed by atoms with E-state index in [0.29, 0.717) is 12.2 Å². The van der Waals surface area contributed by atoms with Gasteiger partial charge in [0.25, 0.3) is 5.92 Å². The van der Waals surface area contributed by atoms with E-state index in [-0.39, 0.29) is 33.0 Å². The maximum atomic E-state index is 17.8. The third-order valence-corrected chi connectivity index (χ3v) is 10.3. The lowest BCUT2D eigenvalue weighted by Crippen LogP contribution is -2.68. The Labute approximate surface area is 333 Å². The predicted molar refractivity (Wildman–Crippen MR) is 216 cm³/mol. The highest BCUT2D eigenvalue weighted by Crippen LogP contribution is 2.46. The van der Waals surface area contributed by atoms with E-state index in [0.717, 1.165) is 39.1 Å². The molecule has 1 saturated carbocycles. The van der Waals surface area contributed by atoms with E-state index < -0.39 is 36.3 Å². The molecule has 0 heterocycles. The average molecular weight is 771 g/mol. The molecule has 8 heteroatoms. The van der Waals surface area contributed by atoms with Gasteiger partial charge in [-0.2, -0.15) is 0 Å². The Hall–Kier alpha value is -5.38. The Morgan fingerprint density at radius 1 is 0.474 bits per heavy atom. The summed E-state index contributed by atoms with van der Waals surface area (Å²) in [5.74, 6) is -3.92. The minimum atomic E-state index is -3.51. The first-order valence-corrected chi connectivity index (χ1v) is 19.3. The maximum Gasteiger partial charge on any atom is 0.294 e. The van der Waals surface area contributed by atoms with Crippen molar-refractivity contribution in [3.63, 3.8) is 0 Å². The molecule has 0 aliphatic heterocycles. The standard InChI is InChI=1S/C49H48F2O6/c1-52-42-28-26-36(27-29-42)30-41-24-14-15-25-44(41)57-48-47(56-34-40-22-12-5-13-23-40)46(55-33-39-20-10-4-11-21-39)45(54-32-38-18-8-3-9-19-38)43(49(48,50)51)35-53-31-37-16-6-2-7-17-37/h2-29,43,45-48H,30-35H2,1H3. The molecule has 5 unspecified atom stereocenters. The van der Waals surface area contributed by atoms with Gasteiger partial charge < -0.3 is 28.4 Å². The van der Waals surface area contributed by atoms with Crippen molar-refractivity contribution < 1.29 is 37.2 Å². The van der Waals surface area contributed by atoms with Crippen LogP contribution in [0.5, 0.6) is 11.5 Å².